The minimum Gasteiger partial charge on any atom is -0.469 e. The van der Waals surface area contributed by atoms with Gasteiger partial charge in [-0.3, -0.25) is 4.79 Å². The van der Waals surface area contributed by atoms with E-state index in [0.717, 1.165) is 38.4 Å². The van der Waals surface area contributed by atoms with Crippen molar-refractivity contribution in [2.24, 2.45) is 11.8 Å². The number of ether oxygens (including phenoxy) is 1. The minimum absolute atomic E-state index is 0.0258. The van der Waals surface area contributed by atoms with Gasteiger partial charge in [0.25, 0.3) is 0 Å². The highest BCUT2D eigenvalue weighted by atomic mass is 16.5. The van der Waals surface area contributed by atoms with Gasteiger partial charge in [0.1, 0.15) is 0 Å². The molecule has 1 atom stereocenters. The number of rotatable bonds is 3. The Kier molecular flexibility index (Phi) is 4.18. The van der Waals surface area contributed by atoms with Crippen LogP contribution in [0.15, 0.2) is 0 Å². The summed E-state index contributed by atoms with van der Waals surface area (Å²) in [5.74, 6) is 0.930. The summed E-state index contributed by atoms with van der Waals surface area (Å²) < 4.78 is 4.79. The molecule has 4 heteroatoms. The molecule has 0 aliphatic carbocycles. The van der Waals surface area contributed by atoms with Gasteiger partial charge in [0.2, 0.25) is 0 Å². The Balaban J connectivity index is 1.70. The lowest BCUT2D eigenvalue weighted by atomic mass is 9.96. The molecule has 4 nitrogen and oxygen atoms in total. The summed E-state index contributed by atoms with van der Waals surface area (Å²) in [5.41, 5.74) is 0. The first-order valence-electron chi connectivity index (χ1n) is 6.30. The van der Waals surface area contributed by atoms with Gasteiger partial charge in [-0.15, -0.1) is 0 Å². The van der Waals surface area contributed by atoms with Gasteiger partial charge in [-0.25, -0.2) is 0 Å². The lowest BCUT2D eigenvalue weighted by molar-refractivity contribution is -0.147. The fourth-order valence-electron chi connectivity index (χ4n) is 2.75. The van der Waals surface area contributed by atoms with Crippen LogP contribution in [-0.2, 0) is 9.53 Å². The van der Waals surface area contributed by atoms with Crippen molar-refractivity contribution in [2.45, 2.75) is 19.3 Å². The van der Waals surface area contributed by atoms with E-state index >= 15 is 0 Å². The Hall–Kier alpha value is -0.610. The van der Waals surface area contributed by atoms with Gasteiger partial charge < -0.3 is 15.0 Å². The molecule has 2 saturated heterocycles. The Morgan fingerprint density at radius 1 is 1.38 bits per heavy atom. The molecule has 0 aromatic carbocycles. The standard InChI is InChI=1S/C12H22N2O2/c1-16-12(15)11-3-6-14(7-4-11)9-10-2-5-13-8-10/h10-11,13H,2-9H2,1H3. The van der Waals surface area contributed by atoms with Crippen LogP contribution in [0.5, 0.6) is 0 Å². The Labute approximate surface area is 97.3 Å². The van der Waals surface area contributed by atoms with Crippen LogP contribution in [0.4, 0.5) is 0 Å². The largest absolute Gasteiger partial charge is 0.469 e. The summed E-state index contributed by atoms with van der Waals surface area (Å²) in [6.45, 7) is 5.63. The van der Waals surface area contributed by atoms with Gasteiger partial charge in [-0.05, 0) is 51.4 Å². The van der Waals surface area contributed by atoms with Crippen LogP contribution < -0.4 is 5.32 Å². The summed E-state index contributed by atoms with van der Waals surface area (Å²) in [7, 11) is 1.49. The maximum absolute atomic E-state index is 11.4. The third kappa shape index (κ3) is 2.95. The SMILES string of the molecule is COC(=O)C1CCN(CC2CCNC2)CC1. The fourth-order valence-corrected chi connectivity index (χ4v) is 2.75. The zero-order valence-corrected chi connectivity index (χ0v) is 10.1. The number of piperidine rings is 1. The lowest BCUT2D eigenvalue weighted by Crippen LogP contribution is -2.39. The number of likely N-dealkylation sites (tertiary alicyclic amines) is 1. The molecule has 92 valence electrons. The molecule has 2 aliphatic rings. The maximum Gasteiger partial charge on any atom is 0.308 e. The van der Waals surface area contributed by atoms with Gasteiger partial charge in [-0.2, -0.15) is 0 Å². The molecule has 2 fully saturated rings. The summed E-state index contributed by atoms with van der Waals surface area (Å²) in [4.78, 5) is 13.9. The second-order valence-electron chi connectivity index (χ2n) is 4.96. The predicted octanol–water partition coefficient (Wildman–Crippen LogP) is 0.481. The zero-order chi connectivity index (χ0) is 11.4. The van der Waals surface area contributed by atoms with E-state index in [2.05, 4.69) is 10.2 Å². The molecule has 1 unspecified atom stereocenters. The molecule has 0 saturated carbocycles. The van der Waals surface area contributed by atoms with E-state index in [0.29, 0.717) is 0 Å². The van der Waals surface area contributed by atoms with Crippen LogP contribution in [0.1, 0.15) is 19.3 Å². The molecular formula is C12H22N2O2. The van der Waals surface area contributed by atoms with Gasteiger partial charge in [0.15, 0.2) is 0 Å². The smallest absolute Gasteiger partial charge is 0.308 e. The third-order valence-electron chi connectivity index (χ3n) is 3.80. The van der Waals surface area contributed by atoms with Crippen molar-refractivity contribution in [3.8, 4) is 0 Å². The third-order valence-corrected chi connectivity index (χ3v) is 3.80. The molecule has 0 amide bonds. The molecule has 0 spiro atoms. The van der Waals surface area contributed by atoms with E-state index in [1.54, 1.807) is 0 Å². The van der Waals surface area contributed by atoms with E-state index in [1.165, 1.54) is 26.6 Å². The van der Waals surface area contributed by atoms with E-state index in [1.807, 2.05) is 0 Å². The number of hydrogen-bond acceptors (Lipinski definition) is 4. The number of carbonyl (C=O) groups is 1. The highest BCUT2D eigenvalue weighted by molar-refractivity contribution is 5.72. The van der Waals surface area contributed by atoms with Crippen molar-refractivity contribution in [2.75, 3.05) is 39.8 Å². The van der Waals surface area contributed by atoms with Crippen LogP contribution in [0, 0.1) is 11.8 Å². The first-order valence-corrected chi connectivity index (χ1v) is 6.30. The van der Waals surface area contributed by atoms with Gasteiger partial charge in [0, 0.05) is 6.54 Å². The van der Waals surface area contributed by atoms with Gasteiger partial charge >= 0.3 is 5.97 Å². The highest BCUT2D eigenvalue weighted by Crippen LogP contribution is 2.20. The van der Waals surface area contributed by atoms with Crippen LogP contribution in [0.3, 0.4) is 0 Å². The second kappa shape index (κ2) is 5.64. The number of hydrogen-bond donors (Lipinski definition) is 1. The molecule has 0 bridgehead atoms. The topological polar surface area (TPSA) is 41.6 Å². The predicted molar refractivity (Wildman–Crippen MR) is 62.2 cm³/mol. The molecule has 0 aromatic rings. The van der Waals surface area contributed by atoms with Crippen molar-refractivity contribution in [1.82, 2.24) is 10.2 Å². The zero-order valence-electron chi connectivity index (χ0n) is 10.1. The van der Waals surface area contributed by atoms with Crippen LogP contribution in [0.2, 0.25) is 0 Å². The minimum atomic E-state index is -0.0258. The number of esters is 1. The molecule has 1 N–H and O–H groups in total. The van der Waals surface area contributed by atoms with Gasteiger partial charge in [0.05, 0.1) is 13.0 Å². The van der Waals surface area contributed by atoms with Gasteiger partial charge in [-0.1, -0.05) is 0 Å². The maximum atomic E-state index is 11.4. The number of carbonyl (C=O) groups excluding carboxylic acids is 1. The molecule has 0 aromatic heterocycles. The monoisotopic (exact) mass is 226 g/mol. The Morgan fingerprint density at radius 2 is 2.12 bits per heavy atom. The molecule has 2 rings (SSSR count). The van der Waals surface area contributed by atoms with Crippen LogP contribution in [-0.4, -0.2) is 50.7 Å². The number of nitrogens with one attached hydrogen (secondary N) is 1. The molecule has 2 aliphatic heterocycles. The Morgan fingerprint density at radius 3 is 2.69 bits per heavy atom. The molecule has 0 radical (unpaired) electrons. The highest BCUT2D eigenvalue weighted by Gasteiger charge is 2.27. The van der Waals surface area contributed by atoms with Crippen molar-refractivity contribution >= 4 is 5.97 Å². The second-order valence-corrected chi connectivity index (χ2v) is 4.96. The molecular weight excluding hydrogens is 204 g/mol. The molecule has 2 heterocycles. The molecule has 16 heavy (non-hydrogen) atoms. The first-order chi connectivity index (χ1) is 7.79. The summed E-state index contributed by atoms with van der Waals surface area (Å²) in [6.07, 6.45) is 3.23. The van der Waals surface area contributed by atoms with Crippen LogP contribution in [0.25, 0.3) is 0 Å². The average Bonchev–Trinajstić information content (AvgIpc) is 2.82. The van der Waals surface area contributed by atoms with Crippen molar-refractivity contribution in [3.05, 3.63) is 0 Å². The average molecular weight is 226 g/mol. The number of nitrogens with zero attached hydrogens (tertiary/aromatic N) is 1. The normalized spacial score (nSPS) is 28.2. The van der Waals surface area contributed by atoms with E-state index in [9.17, 15) is 4.79 Å². The quantitative estimate of drug-likeness (QED) is 0.711. The van der Waals surface area contributed by atoms with E-state index in [-0.39, 0.29) is 11.9 Å². The van der Waals surface area contributed by atoms with Crippen LogP contribution >= 0.6 is 0 Å². The first kappa shape index (κ1) is 11.9. The van der Waals surface area contributed by atoms with Crippen molar-refractivity contribution < 1.29 is 9.53 Å². The summed E-state index contributed by atoms with van der Waals surface area (Å²) in [6, 6.07) is 0. The van der Waals surface area contributed by atoms with E-state index < -0.39 is 0 Å². The van der Waals surface area contributed by atoms with Crippen molar-refractivity contribution in [1.29, 1.82) is 0 Å². The van der Waals surface area contributed by atoms with Crippen molar-refractivity contribution in [3.63, 3.8) is 0 Å². The lowest BCUT2D eigenvalue weighted by Gasteiger charge is -2.32. The summed E-state index contributed by atoms with van der Waals surface area (Å²) in [5, 5.41) is 3.40. The fraction of sp³-hybridized carbons (Fsp3) is 0.917. The van der Waals surface area contributed by atoms with E-state index in [4.69, 9.17) is 4.74 Å². The number of methoxy groups -OCH3 is 1. The Bertz CT molecular complexity index is 231. The summed E-state index contributed by atoms with van der Waals surface area (Å²) >= 11 is 0.